The fourth-order valence-electron chi connectivity index (χ4n) is 1.52. The molecule has 0 heterocycles. The third-order valence-electron chi connectivity index (χ3n) is 2.53. The Morgan fingerprint density at radius 2 is 1.67 bits per heavy atom. The van der Waals surface area contributed by atoms with E-state index < -0.39 is 9.84 Å². The Balaban J connectivity index is 3.60. The van der Waals surface area contributed by atoms with Crippen molar-refractivity contribution in [3.05, 3.63) is 0 Å². The summed E-state index contributed by atoms with van der Waals surface area (Å²) >= 11 is 0. The second-order valence-electron chi connectivity index (χ2n) is 4.47. The highest BCUT2D eigenvalue weighted by Crippen LogP contribution is 1.96. The molecule has 0 saturated heterocycles. The molecule has 0 fully saturated rings. The van der Waals surface area contributed by atoms with Gasteiger partial charge in [-0.05, 0) is 12.8 Å². The van der Waals surface area contributed by atoms with E-state index in [1.54, 1.807) is 7.05 Å². The lowest BCUT2D eigenvalue weighted by Crippen LogP contribution is -2.38. The SMILES string of the molecule is CCCCCCNC(=NC)NCCCS(C)(=O)=O. The summed E-state index contributed by atoms with van der Waals surface area (Å²) in [5, 5.41) is 6.32. The monoisotopic (exact) mass is 277 g/mol. The van der Waals surface area contributed by atoms with Crippen LogP contribution in [0.4, 0.5) is 0 Å². The first-order valence-electron chi connectivity index (χ1n) is 6.62. The van der Waals surface area contributed by atoms with Gasteiger partial charge >= 0.3 is 0 Å². The molecule has 0 bridgehead atoms. The Hall–Kier alpha value is -0.780. The zero-order valence-corrected chi connectivity index (χ0v) is 12.6. The highest BCUT2D eigenvalue weighted by molar-refractivity contribution is 7.90. The number of aliphatic imine (C=N–C) groups is 1. The van der Waals surface area contributed by atoms with Crippen molar-refractivity contribution in [1.29, 1.82) is 0 Å². The Bertz CT molecular complexity index is 326. The molecular weight excluding hydrogens is 250 g/mol. The highest BCUT2D eigenvalue weighted by atomic mass is 32.2. The third kappa shape index (κ3) is 11.7. The molecule has 5 nitrogen and oxygen atoms in total. The van der Waals surface area contributed by atoms with Crippen LogP contribution >= 0.6 is 0 Å². The van der Waals surface area contributed by atoms with E-state index in [2.05, 4.69) is 22.5 Å². The van der Waals surface area contributed by atoms with E-state index in [0.717, 1.165) is 18.9 Å². The molecule has 0 aromatic rings. The van der Waals surface area contributed by atoms with E-state index in [9.17, 15) is 8.42 Å². The van der Waals surface area contributed by atoms with Gasteiger partial charge in [0.05, 0.1) is 5.75 Å². The molecule has 0 aliphatic heterocycles. The first kappa shape index (κ1) is 17.2. The maximum absolute atomic E-state index is 10.9. The summed E-state index contributed by atoms with van der Waals surface area (Å²) in [6.45, 7) is 3.73. The maximum Gasteiger partial charge on any atom is 0.190 e. The van der Waals surface area contributed by atoms with E-state index in [0.29, 0.717) is 13.0 Å². The topological polar surface area (TPSA) is 70.6 Å². The quantitative estimate of drug-likeness (QED) is 0.377. The zero-order chi connectivity index (χ0) is 13.9. The Kier molecular flexibility index (Phi) is 9.73. The minimum atomic E-state index is -2.86. The molecule has 0 radical (unpaired) electrons. The summed E-state index contributed by atoms with van der Waals surface area (Å²) < 4.78 is 21.9. The second-order valence-corrected chi connectivity index (χ2v) is 6.73. The average Bonchev–Trinajstić information content (AvgIpc) is 2.30. The van der Waals surface area contributed by atoms with Gasteiger partial charge in [0.15, 0.2) is 5.96 Å². The van der Waals surface area contributed by atoms with Crippen molar-refractivity contribution in [2.24, 2.45) is 4.99 Å². The fraction of sp³-hybridized carbons (Fsp3) is 0.917. The summed E-state index contributed by atoms with van der Waals surface area (Å²) in [5.74, 6) is 0.966. The van der Waals surface area contributed by atoms with Crippen LogP contribution in [0.5, 0.6) is 0 Å². The van der Waals surface area contributed by atoms with Gasteiger partial charge in [-0.25, -0.2) is 8.42 Å². The number of rotatable bonds is 9. The molecule has 0 amide bonds. The van der Waals surface area contributed by atoms with Crippen LogP contribution in [0.25, 0.3) is 0 Å². The average molecular weight is 277 g/mol. The summed E-state index contributed by atoms with van der Waals surface area (Å²) in [6.07, 6.45) is 6.73. The fourth-order valence-corrected chi connectivity index (χ4v) is 2.19. The molecule has 6 heteroatoms. The number of nitrogens with zero attached hydrogens (tertiary/aromatic N) is 1. The number of hydrogen-bond donors (Lipinski definition) is 2. The molecule has 0 aromatic carbocycles. The van der Waals surface area contributed by atoms with Gasteiger partial charge in [0.2, 0.25) is 0 Å². The van der Waals surface area contributed by atoms with Gasteiger partial charge in [-0.15, -0.1) is 0 Å². The molecule has 0 spiro atoms. The standard InChI is InChI=1S/C12H27N3O2S/c1-4-5-6-7-9-14-12(13-2)15-10-8-11-18(3,16)17/h4-11H2,1-3H3,(H2,13,14,15). The molecule has 0 rings (SSSR count). The van der Waals surface area contributed by atoms with Crippen LogP contribution in [-0.4, -0.2) is 46.5 Å². The largest absolute Gasteiger partial charge is 0.356 e. The van der Waals surface area contributed by atoms with Crippen molar-refractivity contribution in [1.82, 2.24) is 10.6 Å². The van der Waals surface area contributed by atoms with Gasteiger partial charge in [0.25, 0.3) is 0 Å². The summed E-state index contributed by atoms with van der Waals surface area (Å²) in [5.41, 5.74) is 0. The lowest BCUT2D eigenvalue weighted by molar-refractivity contribution is 0.598. The molecule has 2 N–H and O–H groups in total. The van der Waals surface area contributed by atoms with Crippen LogP contribution < -0.4 is 10.6 Å². The van der Waals surface area contributed by atoms with Crippen LogP contribution in [0.3, 0.4) is 0 Å². The molecular formula is C12H27N3O2S. The summed E-state index contributed by atoms with van der Waals surface area (Å²) in [4.78, 5) is 4.08. The van der Waals surface area contributed by atoms with Crippen LogP contribution in [-0.2, 0) is 9.84 Å². The molecule has 0 aromatic heterocycles. The van der Waals surface area contributed by atoms with Crippen molar-refractivity contribution < 1.29 is 8.42 Å². The van der Waals surface area contributed by atoms with Crippen LogP contribution in [0.2, 0.25) is 0 Å². The summed E-state index contributed by atoms with van der Waals surface area (Å²) in [7, 11) is -1.14. The molecule has 0 saturated carbocycles. The van der Waals surface area contributed by atoms with Crippen molar-refractivity contribution >= 4 is 15.8 Å². The maximum atomic E-state index is 10.9. The van der Waals surface area contributed by atoms with Crippen molar-refractivity contribution in [2.75, 3.05) is 32.1 Å². The summed E-state index contributed by atoms with van der Waals surface area (Å²) in [6, 6.07) is 0. The molecule has 0 atom stereocenters. The first-order chi connectivity index (χ1) is 8.49. The van der Waals surface area contributed by atoms with E-state index in [4.69, 9.17) is 0 Å². The first-order valence-corrected chi connectivity index (χ1v) is 8.68. The van der Waals surface area contributed by atoms with Gasteiger partial charge in [0.1, 0.15) is 9.84 Å². The predicted molar refractivity (Wildman–Crippen MR) is 77.8 cm³/mol. The zero-order valence-electron chi connectivity index (χ0n) is 11.8. The number of unbranched alkanes of at least 4 members (excludes halogenated alkanes) is 3. The van der Waals surface area contributed by atoms with Gasteiger partial charge in [-0.3, -0.25) is 4.99 Å². The van der Waals surface area contributed by atoms with Crippen molar-refractivity contribution in [2.45, 2.75) is 39.0 Å². The Morgan fingerprint density at radius 1 is 1.06 bits per heavy atom. The highest BCUT2D eigenvalue weighted by Gasteiger charge is 2.02. The number of nitrogens with one attached hydrogen (secondary N) is 2. The van der Waals surface area contributed by atoms with Crippen LogP contribution in [0, 0.1) is 0 Å². The van der Waals surface area contributed by atoms with E-state index in [-0.39, 0.29) is 5.75 Å². The van der Waals surface area contributed by atoms with E-state index in [1.807, 2.05) is 0 Å². The van der Waals surface area contributed by atoms with Crippen molar-refractivity contribution in [3.8, 4) is 0 Å². The molecule has 18 heavy (non-hydrogen) atoms. The number of guanidine groups is 1. The van der Waals surface area contributed by atoms with Crippen LogP contribution in [0.1, 0.15) is 39.0 Å². The third-order valence-corrected chi connectivity index (χ3v) is 3.56. The van der Waals surface area contributed by atoms with Gasteiger partial charge < -0.3 is 10.6 Å². The minimum Gasteiger partial charge on any atom is -0.356 e. The van der Waals surface area contributed by atoms with Gasteiger partial charge in [-0.2, -0.15) is 0 Å². The van der Waals surface area contributed by atoms with Crippen LogP contribution in [0.15, 0.2) is 4.99 Å². The molecule has 108 valence electrons. The number of hydrogen-bond acceptors (Lipinski definition) is 3. The molecule has 0 aliphatic carbocycles. The minimum absolute atomic E-state index is 0.216. The predicted octanol–water partition coefficient (Wildman–Crippen LogP) is 1.17. The molecule has 0 unspecified atom stereocenters. The normalized spacial score (nSPS) is 12.5. The lowest BCUT2D eigenvalue weighted by Gasteiger charge is -2.11. The smallest absolute Gasteiger partial charge is 0.190 e. The number of sulfone groups is 1. The van der Waals surface area contributed by atoms with E-state index >= 15 is 0 Å². The molecule has 0 aliphatic rings. The Morgan fingerprint density at radius 3 is 2.17 bits per heavy atom. The van der Waals surface area contributed by atoms with Crippen molar-refractivity contribution in [3.63, 3.8) is 0 Å². The second kappa shape index (κ2) is 10.2. The van der Waals surface area contributed by atoms with Gasteiger partial charge in [0, 0.05) is 26.4 Å². The van der Waals surface area contributed by atoms with Gasteiger partial charge in [-0.1, -0.05) is 26.2 Å². The Labute approximate surface area is 111 Å². The van der Waals surface area contributed by atoms with E-state index in [1.165, 1.54) is 25.5 Å². The lowest BCUT2D eigenvalue weighted by atomic mass is 10.2.